The predicted octanol–water partition coefficient (Wildman–Crippen LogP) is 8.97. The summed E-state index contributed by atoms with van der Waals surface area (Å²) in [6.45, 7) is 2.14. The average Bonchev–Trinajstić information content (AvgIpc) is 3.32. The molecule has 7 aromatic rings. The zero-order valence-corrected chi connectivity index (χ0v) is 20.0. The van der Waals surface area contributed by atoms with Crippen molar-refractivity contribution in [3.63, 3.8) is 0 Å². The summed E-state index contributed by atoms with van der Waals surface area (Å²) in [5, 5.41) is 4.99. The number of aromatic nitrogens is 2. The van der Waals surface area contributed by atoms with E-state index >= 15 is 0 Å². The molecular weight excluding hydrogens is 436 g/mol. The van der Waals surface area contributed by atoms with Gasteiger partial charge in [-0.25, -0.2) is 4.98 Å². The summed E-state index contributed by atoms with van der Waals surface area (Å²) in [4.78, 5) is 5.03. The van der Waals surface area contributed by atoms with Crippen molar-refractivity contribution in [2.45, 2.75) is 6.92 Å². The van der Waals surface area contributed by atoms with Crippen LogP contribution in [0.5, 0.6) is 0 Å². The van der Waals surface area contributed by atoms with Crippen molar-refractivity contribution < 1.29 is 0 Å². The minimum atomic E-state index is 0.957. The molecule has 6 aromatic carbocycles. The maximum atomic E-state index is 5.03. The van der Waals surface area contributed by atoms with Crippen LogP contribution in [-0.4, -0.2) is 9.55 Å². The number of rotatable bonds is 3. The molecule has 0 atom stereocenters. The van der Waals surface area contributed by atoms with Gasteiger partial charge in [-0.05, 0) is 82.1 Å². The molecule has 0 radical (unpaired) electrons. The number of fused-ring (bicyclic) bond motifs is 3. The van der Waals surface area contributed by atoms with E-state index in [0.717, 1.165) is 28.1 Å². The fraction of sp³-hybridized carbons (Fsp3) is 0.0294. The van der Waals surface area contributed by atoms with Crippen LogP contribution in [-0.2, 0) is 0 Å². The Morgan fingerprint density at radius 1 is 0.500 bits per heavy atom. The van der Waals surface area contributed by atoms with Crippen LogP contribution in [0.25, 0.3) is 60.8 Å². The topological polar surface area (TPSA) is 17.8 Å². The molecule has 2 nitrogen and oxygen atoms in total. The summed E-state index contributed by atoms with van der Waals surface area (Å²) in [5.74, 6) is 0.957. The van der Waals surface area contributed by atoms with Crippen molar-refractivity contribution in [3.05, 3.63) is 133 Å². The molecule has 0 spiro atoms. The molecule has 170 valence electrons. The largest absolute Gasteiger partial charge is 0.292 e. The monoisotopic (exact) mass is 460 g/mol. The Hall–Kier alpha value is -4.69. The van der Waals surface area contributed by atoms with E-state index in [9.17, 15) is 0 Å². The molecule has 0 unspecified atom stereocenters. The van der Waals surface area contributed by atoms with Crippen LogP contribution in [0.2, 0.25) is 0 Å². The highest BCUT2D eigenvalue weighted by Gasteiger charge is 2.14. The lowest BCUT2D eigenvalue weighted by Gasteiger charge is -2.11. The molecular formula is C34H24N2. The molecule has 1 heterocycles. The summed E-state index contributed by atoms with van der Waals surface area (Å²) >= 11 is 0. The van der Waals surface area contributed by atoms with Crippen molar-refractivity contribution in [3.8, 4) is 28.2 Å². The summed E-state index contributed by atoms with van der Waals surface area (Å²) < 4.78 is 2.25. The van der Waals surface area contributed by atoms with Gasteiger partial charge in [0, 0.05) is 11.3 Å². The Morgan fingerprint density at radius 2 is 1.06 bits per heavy atom. The van der Waals surface area contributed by atoms with Gasteiger partial charge in [0.15, 0.2) is 0 Å². The molecule has 0 bridgehead atoms. The Balaban J connectivity index is 1.34. The minimum Gasteiger partial charge on any atom is -0.292 e. The van der Waals surface area contributed by atoms with Crippen molar-refractivity contribution in [2.75, 3.05) is 0 Å². The molecule has 0 aliphatic rings. The zero-order valence-electron chi connectivity index (χ0n) is 20.0. The second-order valence-electron chi connectivity index (χ2n) is 9.44. The third kappa shape index (κ3) is 3.47. The third-order valence-corrected chi connectivity index (χ3v) is 7.00. The van der Waals surface area contributed by atoms with Crippen molar-refractivity contribution in [1.82, 2.24) is 9.55 Å². The number of hydrogen-bond acceptors (Lipinski definition) is 1. The smallest absolute Gasteiger partial charge is 0.145 e. The van der Waals surface area contributed by atoms with E-state index in [0.29, 0.717) is 0 Å². The van der Waals surface area contributed by atoms with Crippen molar-refractivity contribution >= 4 is 32.6 Å². The molecule has 2 heteroatoms. The van der Waals surface area contributed by atoms with Crippen molar-refractivity contribution in [2.24, 2.45) is 0 Å². The van der Waals surface area contributed by atoms with Gasteiger partial charge in [-0.3, -0.25) is 4.57 Å². The van der Waals surface area contributed by atoms with Gasteiger partial charge < -0.3 is 0 Å². The summed E-state index contributed by atoms with van der Waals surface area (Å²) in [7, 11) is 0. The van der Waals surface area contributed by atoms with E-state index in [1.165, 1.54) is 38.2 Å². The molecule has 0 aliphatic heterocycles. The number of para-hydroxylation sites is 3. The van der Waals surface area contributed by atoms with E-state index in [2.05, 4.69) is 127 Å². The summed E-state index contributed by atoms with van der Waals surface area (Å²) in [5.41, 5.74) is 8.09. The molecule has 0 N–H and O–H groups in total. The fourth-order valence-electron chi connectivity index (χ4n) is 5.17. The van der Waals surface area contributed by atoms with E-state index < -0.39 is 0 Å². The van der Waals surface area contributed by atoms with Gasteiger partial charge >= 0.3 is 0 Å². The average molecular weight is 461 g/mol. The molecule has 0 aliphatic carbocycles. The maximum absolute atomic E-state index is 5.03. The maximum Gasteiger partial charge on any atom is 0.145 e. The third-order valence-electron chi connectivity index (χ3n) is 7.00. The summed E-state index contributed by atoms with van der Waals surface area (Å²) in [6, 6.07) is 45.5. The van der Waals surface area contributed by atoms with Gasteiger partial charge in [-0.1, -0.05) is 90.5 Å². The van der Waals surface area contributed by atoms with Gasteiger partial charge in [0.05, 0.1) is 11.0 Å². The van der Waals surface area contributed by atoms with Crippen LogP contribution in [0.4, 0.5) is 0 Å². The second-order valence-corrected chi connectivity index (χ2v) is 9.44. The Morgan fingerprint density at radius 3 is 1.78 bits per heavy atom. The van der Waals surface area contributed by atoms with Gasteiger partial charge in [-0.2, -0.15) is 0 Å². The number of hydrogen-bond donors (Lipinski definition) is 0. The molecule has 7 rings (SSSR count). The molecule has 0 saturated carbocycles. The highest BCUT2D eigenvalue weighted by Crippen LogP contribution is 2.33. The van der Waals surface area contributed by atoms with Gasteiger partial charge in [0.25, 0.3) is 0 Å². The first-order chi connectivity index (χ1) is 17.7. The first-order valence-corrected chi connectivity index (χ1v) is 12.3. The van der Waals surface area contributed by atoms with Crippen LogP contribution in [0.1, 0.15) is 5.56 Å². The molecule has 0 saturated heterocycles. The number of imidazole rings is 1. The predicted molar refractivity (Wildman–Crippen MR) is 152 cm³/mol. The molecule has 0 amide bonds. The van der Waals surface area contributed by atoms with E-state index in [-0.39, 0.29) is 0 Å². The van der Waals surface area contributed by atoms with Gasteiger partial charge in [0.1, 0.15) is 5.82 Å². The standard InChI is InChI=1S/C34H24N2/c1-23-11-12-25-20-26(14-13-24(25)19-23)27-15-16-29-22-30(18-17-28(29)21-27)34-35-32-9-5-6-10-33(32)36(34)31-7-3-2-4-8-31/h2-22H,1H3. The number of nitrogens with zero attached hydrogens (tertiary/aromatic N) is 2. The van der Waals surface area contributed by atoms with Crippen LogP contribution in [0, 0.1) is 6.92 Å². The molecule has 36 heavy (non-hydrogen) atoms. The van der Waals surface area contributed by atoms with Gasteiger partial charge in [0.2, 0.25) is 0 Å². The Kier molecular flexibility index (Phi) is 4.71. The quantitative estimate of drug-likeness (QED) is 0.257. The number of aryl methyl sites for hydroxylation is 1. The fourth-order valence-corrected chi connectivity index (χ4v) is 5.17. The second kappa shape index (κ2) is 8.21. The summed E-state index contributed by atoms with van der Waals surface area (Å²) in [6.07, 6.45) is 0. The normalized spacial score (nSPS) is 11.5. The Bertz CT molecular complexity index is 1890. The lowest BCUT2D eigenvalue weighted by molar-refractivity contribution is 1.10. The first kappa shape index (κ1) is 20.7. The van der Waals surface area contributed by atoms with Gasteiger partial charge in [-0.15, -0.1) is 0 Å². The molecule has 1 aromatic heterocycles. The SMILES string of the molecule is Cc1ccc2cc(-c3ccc4cc(-c5nc6ccccc6n5-c5ccccc5)ccc4c3)ccc2c1. The lowest BCUT2D eigenvalue weighted by Crippen LogP contribution is -1.97. The van der Waals surface area contributed by atoms with Crippen molar-refractivity contribution in [1.29, 1.82) is 0 Å². The highest BCUT2D eigenvalue weighted by atomic mass is 15.1. The lowest BCUT2D eigenvalue weighted by atomic mass is 9.97. The number of benzene rings is 6. The zero-order chi connectivity index (χ0) is 24.1. The first-order valence-electron chi connectivity index (χ1n) is 12.3. The highest BCUT2D eigenvalue weighted by molar-refractivity contribution is 5.94. The van der Waals surface area contributed by atoms with E-state index in [1.54, 1.807) is 0 Å². The Labute approximate surface area is 210 Å². The van der Waals surface area contributed by atoms with Crippen LogP contribution >= 0.6 is 0 Å². The van der Waals surface area contributed by atoms with Crippen LogP contribution in [0.15, 0.2) is 127 Å². The minimum absolute atomic E-state index is 0.957. The molecule has 0 fully saturated rings. The van der Waals surface area contributed by atoms with E-state index in [4.69, 9.17) is 4.98 Å². The van der Waals surface area contributed by atoms with Crippen LogP contribution in [0.3, 0.4) is 0 Å². The van der Waals surface area contributed by atoms with E-state index in [1.807, 2.05) is 12.1 Å². The van der Waals surface area contributed by atoms with Crippen LogP contribution < -0.4 is 0 Å².